The van der Waals surface area contributed by atoms with Crippen LogP contribution in [0.1, 0.15) is 18.4 Å². The normalized spacial score (nSPS) is 11.9. The number of nitrogens with one attached hydrogen (secondary N) is 1. The number of carbonyl (C=O) groups is 2. The molecule has 0 saturated carbocycles. The fourth-order valence-electron chi connectivity index (χ4n) is 1.27. The van der Waals surface area contributed by atoms with Gasteiger partial charge in [-0.25, -0.2) is 14.8 Å². The first-order valence-corrected chi connectivity index (χ1v) is 4.77. The van der Waals surface area contributed by atoms with Gasteiger partial charge in [0.1, 0.15) is 11.9 Å². The van der Waals surface area contributed by atoms with Crippen LogP contribution in [0.2, 0.25) is 0 Å². The molecular formula is C10H13N3O3. The first-order chi connectivity index (χ1) is 7.49. The Morgan fingerprint density at radius 2 is 2.25 bits per heavy atom. The molecule has 1 unspecified atom stereocenters. The average Bonchev–Trinajstić information content (AvgIpc) is 2.15. The number of aromatic nitrogens is 2. The molecule has 6 nitrogen and oxygen atoms in total. The van der Waals surface area contributed by atoms with E-state index in [0.29, 0.717) is 11.5 Å². The van der Waals surface area contributed by atoms with E-state index < -0.39 is 12.0 Å². The molecule has 2 N–H and O–H groups in total. The summed E-state index contributed by atoms with van der Waals surface area (Å²) in [5.41, 5.74) is 0.591. The van der Waals surface area contributed by atoms with Gasteiger partial charge in [0.25, 0.3) is 0 Å². The molecule has 0 aromatic carbocycles. The molecular weight excluding hydrogens is 210 g/mol. The van der Waals surface area contributed by atoms with Crippen LogP contribution in [0.4, 0.5) is 0 Å². The third kappa shape index (κ3) is 3.64. The summed E-state index contributed by atoms with van der Waals surface area (Å²) < 4.78 is 0. The number of rotatable bonds is 4. The van der Waals surface area contributed by atoms with Crippen molar-refractivity contribution in [1.82, 2.24) is 15.3 Å². The van der Waals surface area contributed by atoms with E-state index in [-0.39, 0.29) is 12.3 Å². The van der Waals surface area contributed by atoms with Gasteiger partial charge in [-0.1, -0.05) is 0 Å². The van der Waals surface area contributed by atoms with Gasteiger partial charge in [-0.15, -0.1) is 0 Å². The fraction of sp³-hybridized carbons (Fsp3) is 0.400. The van der Waals surface area contributed by atoms with Gasteiger partial charge >= 0.3 is 5.97 Å². The summed E-state index contributed by atoms with van der Waals surface area (Å²) in [6.45, 7) is 3.00. The second kappa shape index (κ2) is 5.20. The first kappa shape index (κ1) is 12.1. The third-order valence-corrected chi connectivity index (χ3v) is 1.92. The number of aryl methyl sites for hydroxylation is 1. The van der Waals surface area contributed by atoms with Crippen molar-refractivity contribution in [3.8, 4) is 0 Å². The van der Waals surface area contributed by atoms with Crippen molar-refractivity contribution in [2.75, 3.05) is 0 Å². The third-order valence-electron chi connectivity index (χ3n) is 1.92. The van der Waals surface area contributed by atoms with Gasteiger partial charge in [0, 0.05) is 25.2 Å². The molecule has 1 heterocycles. The molecule has 86 valence electrons. The van der Waals surface area contributed by atoms with Crippen molar-refractivity contribution >= 4 is 11.9 Å². The molecule has 1 aromatic rings. The molecule has 0 bridgehead atoms. The van der Waals surface area contributed by atoms with E-state index in [4.69, 9.17) is 5.11 Å². The Morgan fingerprint density at radius 1 is 1.56 bits per heavy atom. The van der Waals surface area contributed by atoms with Crippen LogP contribution >= 0.6 is 0 Å². The average molecular weight is 223 g/mol. The number of nitrogens with zero attached hydrogens (tertiary/aromatic N) is 2. The molecule has 1 amide bonds. The number of hydrogen-bond donors (Lipinski definition) is 2. The van der Waals surface area contributed by atoms with Crippen molar-refractivity contribution in [3.05, 3.63) is 23.8 Å². The molecule has 0 saturated heterocycles. The number of carboxylic acids is 1. The van der Waals surface area contributed by atoms with E-state index in [1.54, 1.807) is 19.2 Å². The van der Waals surface area contributed by atoms with Crippen molar-refractivity contribution in [1.29, 1.82) is 0 Å². The Kier molecular flexibility index (Phi) is 3.93. The molecule has 0 aliphatic heterocycles. The Balaban J connectivity index is 2.75. The molecule has 0 radical (unpaired) electrons. The molecule has 16 heavy (non-hydrogen) atoms. The lowest BCUT2D eigenvalue weighted by Crippen LogP contribution is -2.41. The number of amides is 1. The summed E-state index contributed by atoms with van der Waals surface area (Å²) in [7, 11) is 0. The minimum absolute atomic E-state index is 0.151. The molecule has 1 aromatic heterocycles. The van der Waals surface area contributed by atoms with Gasteiger partial charge in [0.15, 0.2) is 0 Å². The smallest absolute Gasteiger partial charge is 0.326 e. The van der Waals surface area contributed by atoms with Crippen LogP contribution in [0, 0.1) is 6.92 Å². The van der Waals surface area contributed by atoms with Crippen LogP contribution in [-0.4, -0.2) is 33.0 Å². The maximum atomic E-state index is 10.9. The summed E-state index contributed by atoms with van der Waals surface area (Å²) in [4.78, 5) is 29.7. The summed E-state index contributed by atoms with van der Waals surface area (Å²) >= 11 is 0. The monoisotopic (exact) mass is 223 g/mol. The van der Waals surface area contributed by atoms with E-state index in [9.17, 15) is 9.59 Å². The molecule has 0 spiro atoms. The lowest BCUT2D eigenvalue weighted by atomic mass is 10.1. The van der Waals surface area contributed by atoms with Gasteiger partial charge in [-0.3, -0.25) is 4.79 Å². The quantitative estimate of drug-likeness (QED) is 0.744. The summed E-state index contributed by atoms with van der Waals surface area (Å²) in [6.07, 6.45) is 1.71. The van der Waals surface area contributed by atoms with Crippen molar-refractivity contribution < 1.29 is 14.7 Å². The second-order valence-electron chi connectivity index (χ2n) is 3.39. The number of carboxylic acid groups (broad SMARTS) is 1. The van der Waals surface area contributed by atoms with Gasteiger partial charge < -0.3 is 10.4 Å². The Labute approximate surface area is 92.7 Å². The van der Waals surface area contributed by atoms with E-state index >= 15 is 0 Å². The van der Waals surface area contributed by atoms with E-state index in [2.05, 4.69) is 15.3 Å². The van der Waals surface area contributed by atoms with Crippen molar-refractivity contribution in [3.63, 3.8) is 0 Å². The zero-order valence-electron chi connectivity index (χ0n) is 9.10. The predicted octanol–water partition coefficient (Wildman–Crippen LogP) is -0.0832. The SMILES string of the molecule is CC(=O)NC(Cc1ccnc(C)n1)C(=O)O. The highest BCUT2D eigenvalue weighted by Gasteiger charge is 2.19. The van der Waals surface area contributed by atoms with Gasteiger partial charge in [0.05, 0.1) is 0 Å². The maximum absolute atomic E-state index is 10.9. The highest BCUT2D eigenvalue weighted by molar-refractivity contribution is 5.82. The topological polar surface area (TPSA) is 92.2 Å². The molecule has 0 aliphatic rings. The Hall–Kier alpha value is -1.98. The lowest BCUT2D eigenvalue weighted by molar-refractivity contribution is -0.141. The van der Waals surface area contributed by atoms with Crippen molar-refractivity contribution in [2.24, 2.45) is 0 Å². The van der Waals surface area contributed by atoms with E-state index in [1.165, 1.54) is 6.92 Å². The minimum Gasteiger partial charge on any atom is -0.480 e. The number of aliphatic carboxylic acids is 1. The highest BCUT2D eigenvalue weighted by atomic mass is 16.4. The zero-order chi connectivity index (χ0) is 12.1. The molecule has 6 heteroatoms. The van der Waals surface area contributed by atoms with Crippen LogP contribution in [0.5, 0.6) is 0 Å². The van der Waals surface area contributed by atoms with E-state index in [0.717, 1.165) is 0 Å². The maximum Gasteiger partial charge on any atom is 0.326 e. The largest absolute Gasteiger partial charge is 0.480 e. The highest BCUT2D eigenvalue weighted by Crippen LogP contribution is 2.00. The summed E-state index contributed by atoms with van der Waals surface area (Å²) in [6, 6.07) is 0.678. The Morgan fingerprint density at radius 3 is 2.75 bits per heavy atom. The predicted molar refractivity (Wildman–Crippen MR) is 55.7 cm³/mol. The van der Waals surface area contributed by atoms with Gasteiger partial charge in [-0.2, -0.15) is 0 Å². The molecule has 0 fully saturated rings. The molecule has 1 atom stereocenters. The first-order valence-electron chi connectivity index (χ1n) is 4.77. The van der Waals surface area contributed by atoms with Crippen LogP contribution in [0.25, 0.3) is 0 Å². The number of hydrogen-bond acceptors (Lipinski definition) is 4. The zero-order valence-corrected chi connectivity index (χ0v) is 9.10. The van der Waals surface area contributed by atoms with Gasteiger partial charge in [-0.05, 0) is 13.0 Å². The number of carbonyl (C=O) groups excluding carboxylic acids is 1. The van der Waals surface area contributed by atoms with Gasteiger partial charge in [0.2, 0.25) is 5.91 Å². The molecule has 0 aliphatic carbocycles. The van der Waals surface area contributed by atoms with E-state index in [1.807, 2.05) is 0 Å². The molecule has 1 rings (SSSR count). The fourth-order valence-corrected chi connectivity index (χ4v) is 1.27. The Bertz CT molecular complexity index is 406. The lowest BCUT2D eigenvalue weighted by Gasteiger charge is -2.12. The second-order valence-corrected chi connectivity index (χ2v) is 3.39. The van der Waals surface area contributed by atoms with Crippen LogP contribution in [0.15, 0.2) is 12.3 Å². The minimum atomic E-state index is -1.08. The summed E-state index contributed by atoms with van der Waals surface area (Å²) in [5, 5.41) is 11.2. The summed E-state index contributed by atoms with van der Waals surface area (Å²) in [5.74, 6) is -0.880. The van der Waals surface area contributed by atoms with Crippen LogP contribution in [-0.2, 0) is 16.0 Å². The standard InChI is InChI=1S/C10H13N3O3/c1-6-11-4-3-8(12-6)5-9(10(15)16)13-7(2)14/h3-4,9H,5H2,1-2H3,(H,13,14)(H,15,16). The van der Waals surface area contributed by atoms with Crippen LogP contribution in [0.3, 0.4) is 0 Å². The van der Waals surface area contributed by atoms with Crippen LogP contribution < -0.4 is 5.32 Å². The van der Waals surface area contributed by atoms with Crippen molar-refractivity contribution in [2.45, 2.75) is 26.3 Å².